The van der Waals surface area contributed by atoms with Crippen molar-refractivity contribution in [1.82, 2.24) is 10.6 Å². The molecular weight excluding hydrogens is 432 g/mol. The summed E-state index contributed by atoms with van der Waals surface area (Å²) in [7, 11) is 3.22. The van der Waals surface area contributed by atoms with Gasteiger partial charge >= 0.3 is 0 Å². The van der Waals surface area contributed by atoms with Crippen LogP contribution in [0.15, 0.2) is 24.3 Å². The second-order valence-electron chi connectivity index (χ2n) is 10.5. The van der Waals surface area contributed by atoms with Gasteiger partial charge in [0.25, 0.3) is 0 Å². The molecular formula is C27H42N2O5. The molecule has 2 aliphatic rings. The third-order valence-electron chi connectivity index (χ3n) is 8.45. The molecule has 0 heterocycles. The standard InChI is InChI=1S/C27H42N2O5/c1-17(26(32)28-16-19-6-8-20(34-5)9-7-19)21-10-13-27(3)14-11-22(18(2)24(27)25(21)31)29-23(30)12-15-33-4/h6-9,17-18,21-22,24-25,31H,10-16H2,1-5H3,(H,28,32)(H,29,30). The molecule has 3 rings (SSSR count). The first kappa shape index (κ1) is 26.5. The van der Waals surface area contributed by atoms with Crippen molar-refractivity contribution in [2.24, 2.45) is 29.1 Å². The molecule has 2 aliphatic carbocycles. The SMILES string of the molecule is COCCC(=O)NC1CCC2(C)CCC(C(C)C(=O)NCc3ccc(OC)cc3)C(O)C2C1C. The zero-order valence-electron chi connectivity index (χ0n) is 21.3. The van der Waals surface area contributed by atoms with E-state index in [-0.39, 0.29) is 46.9 Å². The molecule has 7 atom stereocenters. The number of rotatable bonds is 9. The molecule has 190 valence electrons. The summed E-state index contributed by atoms with van der Waals surface area (Å²) in [5.74, 6) is 0.543. The summed E-state index contributed by atoms with van der Waals surface area (Å²) in [4.78, 5) is 25.3. The predicted octanol–water partition coefficient (Wildman–Crippen LogP) is 3.29. The van der Waals surface area contributed by atoms with E-state index in [1.807, 2.05) is 31.2 Å². The first-order valence-corrected chi connectivity index (χ1v) is 12.6. The van der Waals surface area contributed by atoms with Crippen molar-refractivity contribution < 1.29 is 24.2 Å². The largest absolute Gasteiger partial charge is 0.497 e. The minimum atomic E-state index is -0.575. The van der Waals surface area contributed by atoms with Gasteiger partial charge in [0.15, 0.2) is 0 Å². The van der Waals surface area contributed by atoms with Crippen LogP contribution < -0.4 is 15.4 Å². The van der Waals surface area contributed by atoms with Gasteiger partial charge in [0, 0.05) is 32.0 Å². The number of amides is 2. The lowest BCUT2D eigenvalue weighted by Gasteiger charge is -2.56. The minimum Gasteiger partial charge on any atom is -0.497 e. The molecule has 2 saturated carbocycles. The topological polar surface area (TPSA) is 96.9 Å². The van der Waals surface area contributed by atoms with E-state index in [9.17, 15) is 14.7 Å². The molecule has 3 N–H and O–H groups in total. The lowest BCUT2D eigenvalue weighted by molar-refractivity contribution is -0.144. The number of benzene rings is 1. The molecule has 7 heteroatoms. The Kier molecular flexibility index (Phi) is 8.99. The van der Waals surface area contributed by atoms with E-state index in [0.29, 0.717) is 19.6 Å². The highest BCUT2D eigenvalue weighted by Gasteiger charge is 2.53. The normalized spacial score (nSPS) is 31.8. The number of aliphatic hydroxyl groups excluding tert-OH is 1. The number of fused-ring (bicyclic) bond motifs is 1. The van der Waals surface area contributed by atoms with Crippen LogP contribution in [0, 0.1) is 29.1 Å². The first-order valence-electron chi connectivity index (χ1n) is 12.6. The second kappa shape index (κ2) is 11.5. The van der Waals surface area contributed by atoms with Crippen molar-refractivity contribution in [3.05, 3.63) is 29.8 Å². The average Bonchev–Trinajstić information content (AvgIpc) is 2.83. The Morgan fingerprint density at radius 2 is 1.85 bits per heavy atom. The van der Waals surface area contributed by atoms with Crippen LogP contribution in [0.5, 0.6) is 5.75 Å². The summed E-state index contributed by atoms with van der Waals surface area (Å²) < 4.78 is 10.2. The number of carbonyl (C=O) groups excluding carboxylic acids is 2. The molecule has 0 aromatic heterocycles. The summed E-state index contributed by atoms with van der Waals surface area (Å²) in [6, 6.07) is 7.68. The summed E-state index contributed by atoms with van der Waals surface area (Å²) in [6.45, 7) is 7.19. The van der Waals surface area contributed by atoms with Gasteiger partial charge in [-0.3, -0.25) is 9.59 Å². The van der Waals surface area contributed by atoms with Gasteiger partial charge in [0.05, 0.1) is 19.8 Å². The van der Waals surface area contributed by atoms with Crippen molar-refractivity contribution >= 4 is 11.8 Å². The average molecular weight is 475 g/mol. The highest BCUT2D eigenvalue weighted by Crippen LogP contribution is 2.55. The van der Waals surface area contributed by atoms with Crippen LogP contribution in [0.4, 0.5) is 0 Å². The third kappa shape index (κ3) is 5.92. The molecule has 34 heavy (non-hydrogen) atoms. The van der Waals surface area contributed by atoms with E-state index >= 15 is 0 Å². The van der Waals surface area contributed by atoms with Crippen molar-refractivity contribution in [3.8, 4) is 5.75 Å². The fraction of sp³-hybridized carbons (Fsp3) is 0.704. The van der Waals surface area contributed by atoms with E-state index < -0.39 is 6.10 Å². The van der Waals surface area contributed by atoms with Gasteiger partial charge in [-0.25, -0.2) is 0 Å². The van der Waals surface area contributed by atoms with Crippen LogP contribution in [0.25, 0.3) is 0 Å². The van der Waals surface area contributed by atoms with Crippen molar-refractivity contribution in [1.29, 1.82) is 0 Å². The van der Waals surface area contributed by atoms with E-state index in [4.69, 9.17) is 9.47 Å². The van der Waals surface area contributed by atoms with Gasteiger partial charge < -0.3 is 25.2 Å². The fourth-order valence-electron chi connectivity index (χ4n) is 6.26. The second-order valence-corrected chi connectivity index (χ2v) is 10.5. The van der Waals surface area contributed by atoms with Gasteiger partial charge in [-0.2, -0.15) is 0 Å². The molecule has 7 nitrogen and oxygen atoms in total. The van der Waals surface area contributed by atoms with E-state index in [0.717, 1.165) is 37.0 Å². The van der Waals surface area contributed by atoms with Crippen molar-refractivity contribution in [3.63, 3.8) is 0 Å². The number of methoxy groups -OCH3 is 2. The van der Waals surface area contributed by atoms with Crippen LogP contribution >= 0.6 is 0 Å². The molecule has 1 aromatic rings. The number of hydrogen-bond donors (Lipinski definition) is 3. The molecule has 0 spiro atoms. The third-order valence-corrected chi connectivity index (χ3v) is 8.45. The monoisotopic (exact) mass is 474 g/mol. The molecule has 2 amide bonds. The van der Waals surface area contributed by atoms with Crippen molar-refractivity contribution in [2.75, 3.05) is 20.8 Å². The number of hydrogen-bond acceptors (Lipinski definition) is 5. The molecule has 7 unspecified atom stereocenters. The summed E-state index contributed by atoms with van der Waals surface area (Å²) in [6.07, 6.45) is 3.49. The van der Waals surface area contributed by atoms with Crippen LogP contribution in [-0.2, 0) is 20.9 Å². The predicted molar refractivity (Wildman–Crippen MR) is 131 cm³/mol. The number of nitrogens with one attached hydrogen (secondary N) is 2. The van der Waals surface area contributed by atoms with Gasteiger partial charge in [0.1, 0.15) is 5.75 Å². The first-order chi connectivity index (χ1) is 16.2. The maximum atomic E-state index is 13.0. The fourth-order valence-corrected chi connectivity index (χ4v) is 6.26. The summed E-state index contributed by atoms with van der Waals surface area (Å²) in [5, 5.41) is 17.7. The number of ether oxygens (including phenoxy) is 2. The van der Waals surface area contributed by atoms with Crippen LogP contribution in [0.2, 0.25) is 0 Å². The number of carbonyl (C=O) groups is 2. The quantitative estimate of drug-likeness (QED) is 0.510. The molecule has 0 aliphatic heterocycles. The van der Waals surface area contributed by atoms with Crippen LogP contribution in [0.1, 0.15) is 58.4 Å². The number of aliphatic hydroxyl groups is 1. The Balaban J connectivity index is 1.62. The molecule has 0 bridgehead atoms. The Bertz CT molecular complexity index is 829. The summed E-state index contributed by atoms with van der Waals surface area (Å²) in [5.41, 5.74) is 1.04. The van der Waals surface area contributed by atoms with Gasteiger partial charge in [-0.1, -0.05) is 32.9 Å². The van der Waals surface area contributed by atoms with E-state index in [1.165, 1.54) is 0 Å². The minimum absolute atomic E-state index is 0.00423. The molecule has 1 aromatic carbocycles. The zero-order valence-corrected chi connectivity index (χ0v) is 21.3. The van der Waals surface area contributed by atoms with E-state index in [1.54, 1.807) is 14.2 Å². The van der Waals surface area contributed by atoms with Crippen LogP contribution in [0.3, 0.4) is 0 Å². The maximum Gasteiger partial charge on any atom is 0.223 e. The Hall–Kier alpha value is -2.12. The van der Waals surface area contributed by atoms with Crippen LogP contribution in [-0.4, -0.2) is 49.9 Å². The van der Waals surface area contributed by atoms with Gasteiger partial charge in [-0.15, -0.1) is 0 Å². The lowest BCUT2D eigenvalue weighted by Crippen LogP contribution is -2.58. The molecule has 0 radical (unpaired) electrons. The molecule has 0 saturated heterocycles. The van der Waals surface area contributed by atoms with Gasteiger partial charge in [-0.05, 0) is 66.5 Å². The Morgan fingerprint density at radius 1 is 1.18 bits per heavy atom. The van der Waals surface area contributed by atoms with E-state index in [2.05, 4.69) is 24.5 Å². The van der Waals surface area contributed by atoms with Crippen molar-refractivity contribution in [2.45, 2.75) is 71.6 Å². The van der Waals surface area contributed by atoms with Gasteiger partial charge in [0.2, 0.25) is 11.8 Å². The lowest BCUT2D eigenvalue weighted by atomic mass is 9.51. The highest BCUT2D eigenvalue weighted by molar-refractivity contribution is 5.78. The maximum absolute atomic E-state index is 13.0. The molecule has 2 fully saturated rings. The smallest absolute Gasteiger partial charge is 0.223 e. The zero-order chi connectivity index (χ0) is 24.9. The highest BCUT2D eigenvalue weighted by atomic mass is 16.5. The summed E-state index contributed by atoms with van der Waals surface area (Å²) >= 11 is 0. The Morgan fingerprint density at radius 3 is 2.50 bits per heavy atom. The Labute approximate surface area is 204 Å².